The van der Waals surface area contributed by atoms with Crippen LogP contribution in [0.4, 0.5) is 5.69 Å². The van der Waals surface area contributed by atoms with Gasteiger partial charge in [-0.2, -0.15) is 0 Å². The zero-order valence-electron chi connectivity index (χ0n) is 11.1. The highest BCUT2D eigenvalue weighted by Gasteiger charge is 2.08. The van der Waals surface area contributed by atoms with E-state index in [1.54, 1.807) is 6.20 Å². The van der Waals surface area contributed by atoms with E-state index in [0.29, 0.717) is 11.3 Å². The molecule has 0 atom stereocenters. The Labute approximate surface area is 121 Å². The van der Waals surface area contributed by atoms with Gasteiger partial charge in [0.1, 0.15) is 4.60 Å². The van der Waals surface area contributed by atoms with Crippen LogP contribution in [-0.4, -0.2) is 10.9 Å². The molecule has 1 aromatic heterocycles. The summed E-state index contributed by atoms with van der Waals surface area (Å²) in [4.78, 5) is 16.3. The van der Waals surface area contributed by atoms with Gasteiger partial charge in [0.2, 0.25) is 0 Å². The number of aryl methyl sites for hydroxylation is 3. The summed E-state index contributed by atoms with van der Waals surface area (Å²) in [5.41, 5.74) is 4.63. The van der Waals surface area contributed by atoms with E-state index >= 15 is 0 Å². The molecule has 1 aromatic carbocycles. The summed E-state index contributed by atoms with van der Waals surface area (Å²) < 4.78 is 0.789. The van der Waals surface area contributed by atoms with Crippen LogP contribution in [0.5, 0.6) is 0 Å². The Kier molecular flexibility index (Phi) is 4.00. The Balaban J connectivity index is 2.20. The number of carbonyl (C=O) groups is 1. The zero-order valence-corrected chi connectivity index (χ0v) is 12.7. The monoisotopic (exact) mass is 318 g/mol. The third kappa shape index (κ3) is 3.20. The van der Waals surface area contributed by atoms with Crippen LogP contribution < -0.4 is 5.32 Å². The molecule has 0 radical (unpaired) electrons. The number of anilines is 1. The number of amides is 1. The molecule has 0 saturated carbocycles. The predicted molar refractivity (Wildman–Crippen MR) is 80.5 cm³/mol. The lowest BCUT2D eigenvalue weighted by Gasteiger charge is -2.08. The molecule has 0 spiro atoms. The SMILES string of the molecule is Cc1ccc(C(=O)Nc2cnc(Br)c(C)c2)cc1C. The van der Waals surface area contributed by atoms with Crippen LogP contribution in [0.2, 0.25) is 0 Å². The maximum absolute atomic E-state index is 12.1. The highest BCUT2D eigenvalue weighted by molar-refractivity contribution is 9.10. The third-order valence-corrected chi connectivity index (χ3v) is 3.87. The summed E-state index contributed by atoms with van der Waals surface area (Å²) in [7, 11) is 0. The molecule has 0 aliphatic carbocycles. The van der Waals surface area contributed by atoms with Crippen LogP contribution >= 0.6 is 15.9 Å². The quantitative estimate of drug-likeness (QED) is 0.850. The standard InChI is InChI=1S/C15H15BrN2O/c1-9-4-5-12(6-10(9)2)15(19)18-13-7-11(3)14(16)17-8-13/h4-8H,1-3H3,(H,18,19). The minimum Gasteiger partial charge on any atom is -0.321 e. The second-order valence-electron chi connectivity index (χ2n) is 4.58. The van der Waals surface area contributed by atoms with E-state index < -0.39 is 0 Å². The predicted octanol–water partition coefficient (Wildman–Crippen LogP) is 4.02. The molecule has 0 aliphatic rings. The molecule has 4 heteroatoms. The highest BCUT2D eigenvalue weighted by Crippen LogP contribution is 2.18. The number of aromatic nitrogens is 1. The van der Waals surface area contributed by atoms with Crippen molar-refractivity contribution in [2.45, 2.75) is 20.8 Å². The zero-order chi connectivity index (χ0) is 14.0. The number of carbonyl (C=O) groups excluding carboxylic acids is 1. The van der Waals surface area contributed by atoms with Gasteiger partial charge in [-0.3, -0.25) is 4.79 Å². The maximum atomic E-state index is 12.1. The van der Waals surface area contributed by atoms with Crippen molar-refractivity contribution in [1.82, 2.24) is 4.98 Å². The highest BCUT2D eigenvalue weighted by atomic mass is 79.9. The van der Waals surface area contributed by atoms with Crippen LogP contribution in [0.3, 0.4) is 0 Å². The van der Waals surface area contributed by atoms with Gasteiger partial charge in [-0.25, -0.2) is 4.98 Å². The number of benzene rings is 1. The summed E-state index contributed by atoms with van der Waals surface area (Å²) in [6.07, 6.45) is 1.63. The fourth-order valence-electron chi connectivity index (χ4n) is 1.71. The van der Waals surface area contributed by atoms with E-state index in [9.17, 15) is 4.79 Å². The molecule has 98 valence electrons. The summed E-state index contributed by atoms with van der Waals surface area (Å²) in [5.74, 6) is -0.119. The van der Waals surface area contributed by atoms with E-state index in [-0.39, 0.29) is 5.91 Å². The molecule has 1 N–H and O–H groups in total. The number of nitrogens with zero attached hydrogens (tertiary/aromatic N) is 1. The second kappa shape index (κ2) is 5.53. The van der Waals surface area contributed by atoms with Gasteiger partial charge in [0.05, 0.1) is 11.9 Å². The third-order valence-electron chi connectivity index (χ3n) is 3.04. The lowest BCUT2D eigenvalue weighted by molar-refractivity contribution is 0.102. The molecule has 0 saturated heterocycles. The Morgan fingerprint density at radius 3 is 2.47 bits per heavy atom. The Hall–Kier alpha value is -1.68. The average Bonchev–Trinajstić information content (AvgIpc) is 2.37. The molecule has 19 heavy (non-hydrogen) atoms. The minimum absolute atomic E-state index is 0.119. The first-order valence-electron chi connectivity index (χ1n) is 5.98. The summed E-state index contributed by atoms with van der Waals surface area (Å²) in [6, 6.07) is 7.56. The lowest BCUT2D eigenvalue weighted by atomic mass is 10.1. The van der Waals surface area contributed by atoms with Gasteiger partial charge in [0.15, 0.2) is 0 Å². The largest absolute Gasteiger partial charge is 0.321 e. The first-order chi connectivity index (χ1) is 8.97. The average molecular weight is 319 g/mol. The molecule has 1 heterocycles. The number of pyridine rings is 1. The van der Waals surface area contributed by atoms with Crippen LogP contribution in [0.15, 0.2) is 35.1 Å². The van der Waals surface area contributed by atoms with Gasteiger partial charge in [-0.1, -0.05) is 6.07 Å². The Morgan fingerprint density at radius 1 is 1.11 bits per heavy atom. The van der Waals surface area contributed by atoms with Crippen LogP contribution in [0.1, 0.15) is 27.0 Å². The second-order valence-corrected chi connectivity index (χ2v) is 5.34. The van der Waals surface area contributed by atoms with Crippen molar-refractivity contribution in [2.75, 3.05) is 5.32 Å². The van der Waals surface area contributed by atoms with E-state index in [1.165, 1.54) is 5.56 Å². The van der Waals surface area contributed by atoms with Gasteiger partial charge < -0.3 is 5.32 Å². The smallest absolute Gasteiger partial charge is 0.255 e. The number of hydrogen-bond donors (Lipinski definition) is 1. The normalized spacial score (nSPS) is 10.3. The van der Waals surface area contributed by atoms with Gasteiger partial charge in [-0.15, -0.1) is 0 Å². The number of rotatable bonds is 2. The maximum Gasteiger partial charge on any atom is 0.255 e. The Morgan fingerprint density at radius 2 is 1.84 bits per heavy atom. The molecule has 1 amide bonds. The topological polar surface area (TPSA) is 42.0 Å². The van der Waals surface area contributed by atoms with Crippen molar-refractivity contribution in [2.24, 2.45) is 0 Å². The van der Waals surface area contributed by atoms with Crippen LogP contribution in [0.25, 0.3) is 0 Å². The Bertz CT molecular complexity index is 638. The molecular weight excluding hydrogens is 304 g/mol. The summed E-state index contributed by atoms with van der Waals surface area (Å²) in [6.45, 7) is 5.96. The fraction of sp³-hybridized carbons (Fsp3) is 0.200. The van der Waals surface area contributed by atoms with Crippen LogP contribution in [-0.2, 0) is 0 Å². The van der Waals surface area contributed by atoms with Crippen LogP contribution in [0, 0.1) is 20.8 Å². The molecule has 2 aromatic rings. The molecule has 0 aliphatic heterocycles. The fourth-order valence-corrected chi connectivity index (χ4v) is 1.93. The molecule has 0 bridgehead atoms. The number of hydrogen-bond acceptors (Lipinski definition) is 2. The van der Waals surface area contributed by atoms with Crippen molar-refractivity contribution in [1.29, 1.82) is 0 Å². The molecule has 0 unspecified atom stereocenters. The molecular formula is C15H15BrN2O. The van der Waals surface area contributed by atoms with Crippen molar-refractivity contribution in [3.63, 3.8) is 0 Å². The van der Waals surface area contributed by atoms with Gasteiger partial charge in [0.25, 0.3) is 5.91 Å². The molecule has 3 nitrogen and oxygen atoms in total. The van der Waals surface area contributed by atoms with Crippen molar-refractivity contribution >= 4 is 27.5 Å². The summed E-state index contributed by atoms with van der Waals surface area (Å²) in [5, 5.41) is 2.85. The minimum atomic E-state index is -0.119. The van der Waals surface area contributed by atoms with E-state index in [2.05, 4.69) is 26.2 Å². The summed E-state index contributed by atoms with van der Waals surface area (Å²) >= 11 is 3.33. The molecule has 0 fully saturated rings. The first kappa shape index (κ1) is 13.7. The molecule has 2 rings (SSSR count). The first-order valence-corrected chi connectivity index (χ1v) is 6.77. The van der Waals surface area contributed by atoms with E-state index in [4.69, 9.17) is 0 Å². The van der Waals surface area contributed by atoms with Gasteiger partial charge >= 0.3 is 0 Å². The van der Waals surface area contributed by atoms with E-state index in [0.717, 1.165) is 15.7 Å². The van der Waals surface area contributed by atoms with E-state index in [1.807, 2.05) is 45.0 Å². The van der Waals surface area contributed by atoms with Gasteiger partial charge in [0, 0.05) is 5.56 Å². The lowest BCUT2D eigenvalue weighted by Crippen LogP contribution is -2.12. The van der Waals surface area contributed by atoms with Crippen molar-refractivity contribution in [3.05, 3.63) is 57.3 Å². The number of nitrogens with one attached hydrogen (secondary N) is 1. The van der Waals surface area contributed by atoms with Crippen molar-refractivity contribution < 1.29 is 4.79 Å². The van der Waals surface area contributed by atoms with Gasteiger partial charge in [-0.05, 0) is 71.6 Å². The number of halogens is 1. The van der Waals surface area contributed by atoms with Crippen molar-refractivity contribution in [3.8, 4) is 0 Å².